The molecular weight excluding hydrogens is 360 g/mol. The van der Waals surface area contributed by atoms with Crippen molar-refractivity contribution in [1.29, 1.82) is 0 Å². The molecular formula is C22H32O6. The SMILES string of the molecule is CC=C(C)C(=O)OC1CC(C)[C@@]2(O)CC(=O)C(C)=C2CC1C(C)(C)OC(C)=O. The Morgan fingerprint density at radius 3 is 2.43 bits per heavy atom. The van der Waals surface area contributed by atoms with Crippen molar-refractivity contribution < 1.29 is 29.0 Å². The summed E-state index contributed by atoms with van der Waals surface area (Å²) in [6.45, 7) is 12.0. The number of fused-ring (bicyclic) bond motifs is 1. The van der Waals surface area contributed by atoms with Gasteiger partial charge in [0, 0.05) is 24.8 Å². The van der Waals surface area contributed by atoms with Crippen molar-refractivity contribution in [3.63, 3.8) is 0 Å². The first-order valence-corrected chi connectivity index (χ1v) is 9.82. The predicted molar refractivity (Wildman–Crippen MR) is 104 cm³/mol. The molecule has 0 aliphatic heterocycles. The van der Waals surface area contributed by atoms with Crippen LogP contribution in [0.25, 0.3) is 0 Å². The lowest BCUT2D eigenvalue weighted by Crippen LogP contribution is -2.44. The first-order valence-electron chi connectivity index (χ1n) is 9.82. The Morgan fingerprint density at radius 2 is 1.89 bits per heavy atom. The number of carbonyl (C=O) groups is 3. The maximum atomic E-state index is 12.5. The number of hydrogen-bond acceptors (Lipinski definition) is 6. The summed E-state index contributed by atoms with van der Waals surface area (Å²) in [5.74, 6) is -1.60. The number of allylic oxidation sites excluding steroid dienone is 2. The fraction of sp³-hybridized carbons (Fsp3) is 0.682. The smallest absolute Gasteiger partial charge is 0.333 e. The van der Waals surface area contributed by atoms with E-state index in [1.807, 2.05) is 6.92 Å². The number of ether oxygens (including phenoxy) is 2. The van der Waals surface area contributed by atoms with Crippen molar-refractivity contribution in [1.82, 2.24) is 0 Å². The van der Waals surface area contributed by atoms with Crippen LogP contribution < -0.4 is 0 Å². The van der Waals surface area contributed by atoms with Gasteiger partial charge in [-0.2, -0.15) is 0 Å². The standard InChI is InChI=1S/C22H32O6/c1-8-12(2)20(25)27-19-9-13(3)22(26)11-18(24)14(4)16(22)10-17(19)21(6,7)28-15(5)23/h8,13,17,19,26H,9-11H2,1-7H3/t13?,17?,19?,22-/m0/s1. The van der Waals surface area contributed by atoms with Crippen LogP contribution in [-0.2, 0) is 23.9 Å². The summed E-state index contributed by atoms with van der Waals surface area (Å²) in [4.78, 5) is 36.5. The van der Waals surface area contributed by atoms with E-state index in [-0.39, 0.29) is 18.1 Å². The van der Waals surface area contributed by atoms with Gasteiger partial charge in [-0.05, 0) is 64.5 Å². The van der Waals surface area contributed by atoms with Gasteiger partial charge in [-0.15, -0.1) is 0 Å². The second-order valence-corrected chi connectivity index (χ2v) is 8.69. The molecule has 6 heteroatoms. The predicted octanol–water partition coefficient (Wildman–Crippen LogP) is 3.27. The number of hydrogen-bond donors (Lipinski definition) is 1. The van der Waals surface area contributed by atoms with E-state index >= 15 is 0 Å². The fourth-order valence-electron chi connectivity index (χ4n) is 4.46. The number of carbonyl (C=O) groups excluding carboxylic acids is 3. The Labute approximate surface area is 167 Å². The van der Waals surface area contributed by atoms with E-state index in [0.717, 1.165) is 0 Å². The van der Waals surface area contributed by atoms with Crippen LogP contribution in [0.15, 0.2) is 22.8 Å². The number of rotatable bonds is 4. The highest BCUT2D eigenvalue weighted by atomic mass is 16.6. The van der Waals surface area contributed by atoms with Crippen molar-refractivity contribution in [3.8, 4) is 0 Å². The Bertz CT molecular complexity index is 744. The Kier molecular flexibility index (Phi) is 6.24. The minimum Gasteiger partial charge on any atom is -0.459 e. The summed E-state index contributed by atoms with van der Waals surface area (Å²) in [6.07, 6.45) is 1.87. The molecule has 156 valence electrons. The van der Waals surface area contributed by atoms with Gasteiger partial charge in [0.2, 0.25) is 0 Å². The Morgan fingerprint density at radius 1 is 1.29 bits per heavy atom. The largest absolute Gasteiger partial charge is 0.459 e. The van der Waals surface area contributed by atoms with Crippen LogP contribution in [0, 0.1) is 11.8 Å². The molecule has 0 saturated heterocycles. The number of Topliss-reactive ketones (excluding diaryl/α,β-unsaturated/α-hetero) is 1. The van der Waals surface area contributed by atoms with E-state index in [9.17, 15) is 19.5 Å². The number of ketones is 1. The molecule has 2 rings (SSSR count). The molecule has 0 aromatic carbocycles. The third-order valence-electron chi connectivity index (χ3n) is 6.41. The molecule has 0 heterocycles. The number of aliphatic hydroxyl groups is 1. The van der Waals surface area contributed by atoms with Crippen molar-refractivity contribution in [2.24, 2.45) is 11.8 Å². The van der Waals surface area contributed by atoms with Crippen LogP contribution in [0.1, 0.15) is 67.7 Å². The minimum absolute atomic E-state index is 0.0462. The third kappa shape index (κ3) is 4.07. The molecule has 1 fully saturated rings. The highest BCUT2D eigenvalue weighted by molar-refractivity contribution is 6.00. The lowest BCUT2D eigenvalue weighted by Gasteiger charge is -2.38. The van der Waals surface area contributed by atoms with E-state index < -0.39 is 35.2 Å². The summed E-state index contributed by atoms with van der Waals surface area (Å²) in [5.41, 5.74) is -0.455. The van der Waals surface area contributed by atoms with E-state index in [4.69, 9.17) is 9.47 Å². The lowest BCUT2D eigenvalue weighted by molar-refractivity contribution is -0.170. The molecule has 4 atom stereocenters. The second kappa shape index (κ2) is 7.82. The van der Waals surface area contributed by atoms with Gasteiger partial charge < -0.3 is 14.6 Å². The van der Waals surface area contributed by atoms with E-state index in [1.54, 1.807) is 40.7 Å². The lowest BCUT2D eigenvalue weighted by atomic mass is 9.80. The summed E-state index contributed by atoms with van der Waals surface area (Å²) in [7, 11) is 0. The zero-order chi connectivity index (χ0) is 21.4. The average molecular weight is 392 g/mol. The zero-order valence-electron chi connectivity index (χ0n) is 17.9. The van der Waals surface area contributed by atoms with Crippen molar-refractivity contribution in [2.45, 2.75) is 85.0 Å². The first-order chi connectivity index (χ1) is 12.8. The molecule has 6 nitrogen and oxygen atoms in total. The van der Waals surface area contributed by atoms with E-state index in [2.05, 4.69) is 0 Å². The summed E-state index contributed by atoms with van der Waals surface area (Å²) < 4.78 is 11.4. The van der Waals surface area contributed by atoms with Gasteiger partial charge in [0.05, 0.1) is 5.60 Å². The quantitative estimate of drug-likeness (QED) is 0.583. The van der Waals surface area contributed by atoms with Gasteiger partial charge >= 0.3 is 11.9 Å². The Balaban J connectivity index is 2.51. The van der Waals surface area contributed by atoms with Crippen molar-refractivity contribution in [2.75, 3.05) is 0 Å². The molecule has 28 heavy (non-hydrogen) atoms. The second-order valence-electron chi connectivity index (χ2n) is 8.69. The van der Waals surface area contributed by atoms with E-state index in [0.29, 0.717) is 29.6 Å². The summed E-state index contributed by atoms with van der Waals surface area (Å²) in [6, 6.07) is 0. The monoisotopic (exact) mass is 392 g/mol. The maximum Gasteiger partial charge on any atom is 0.333 e. The normalized spacial score (nSPS) is 31.4. The van der Waals surface area contributed by atoms with Gasteiger partial charge in [0.25, 0.3) is 0 Å². The van der Waals surface area contributed by atoms with Crippen LogP contribution in [0.3, 0.4) is 0 Å². The highest BCUT2D eigenvalue weighted by Gasteiger charge is 2.54. The molecule has 0 aromatic heterocycles. The molecule has 2 aliphatic rings. The molecule has 1 saturated carbocycles. The molecule has 0 radical (unpaired) electrons. The third-order valence-corrected chi connectivity index (χ3v) is 6.41. The van der Waals surface area contributed by atoms with E-state index in [1.165, 1.54) is 6.92 Å². The molecule has 3 unspecified atom stereocenters. The first kappa shape index (κ1) is 22.3. The van der Waals surface area contributed by atoms with Crippen LogP contribution in [0.4, 0.5) is 0 Å². The molecule has 1 N–H and O–H groups in total. The maximum absolute atomic E-state index is 12.5. The van der Waals surface area contributed by atoms with Crippen LogP contribution >= 0.6 is 0 Å². The average Bonchev–Trinajstić information content (AvgIpc) is 2.73. The molecule has 0 spiro atoms. The summed E-state index contributed by atoms with van der Waals surface area (Å²) >= 11 is 0. The van der Waals surface area contributed by atoms with Crippen molar-refractivity contribution >= 4 is 17.7 Å². The zero-order valence-corrected chi connectivity index (χ0v) is 17.9. The topological polar surface area (TPSA) is 89.9 Å². The van der Waals surface area contributed by atoms with Gasteiger partial charge in [-0.1, -0.05) is 13.0 Å². The minimum atomic E-state index is -1.25. The Hall–Kier alpha value is -1.95. The van der Waals surface area contributed by atoms with Gasteiger partial charge in [-0.25, -0.2) is 4.79 Å². The van der Waals surface area contributed by atoms with Gasteiger partial charge in [0.15, 0.2) is 5.78 Å². The van der Waals surface area contributed by atoms with Crippen molar-refractivity contribution in [3.05, 3.63) is 22.8 Å². The van der Waals surface area contributed by atoms with Crippen LogP contribution in [0.2, 0.25) is 0 Å². The molecule has 2 aliphatic carbocycles. The van der Waals surface area contributed by atoms with Gasteiger partial charge in [0.1, 0.15) is 11.7 Å². The van der Waals surface area contributed by atoms with Crippen LogP contribution in [0.5, 0.6) is 0 Å². The molecule has 0 bridgehead atoms. The molecule has 0 amide bonds. The highest BCUT2D eigenvalue weighted by Crippen LogP contribution is 2.50. The van der Waals surface area contributed by atoms with Crippen LogP contribution in [-0.4, -0.2) is 40.1 Å². The van der Waals surface area contributed by atoms with Gasteiger partial charge in [-0.3, -0.25) is 9.59 Å². The fourth-order valence-corrected chi connectivity index (χ4v) is 4.46. The molecule has 0 aromatic rings. The summed E-state index contributed by atoms with van der Waals surface area (Å²) in [5, 5.41) is 11.3. The number of esters is 2.